The molecule has 136 valence electrons. The summed E-state index contributed by atoms with van der Waals surface area (Å²) in [5.41, 5.74) is 2.08. The van der Waals surface area contributed by atoms with Crippen LogP contribution in [0.25, 0.3) is 22.3 Å². The molecule has 0 saturated carbocycles. The minimum absolute atomic E-state index is 0.779. The van der Waals surface area contributed by atoms with Crippen LogP contribution >= 0.6 is 11.8 Å². The molecule has 5 rings (SSSR count). The molecule has 3 aromatic carbocycles. The SMILES string of the molecule is c1ccc(Sc2cnc(-c3cccc(Oc4ccc5[nH]ccc5c4)c3)[nH]2)cc1. The highest BCUT2D eigenvalue weighted by atomic mass is 32.2. The first-order chi connectivity index (χ1) is 13.8. The maximum absolute atomic E-state index is 6.06. The second kappa shape index (κ2) is 7.29. The van der Waals surface area contributed by atoms with E-state index in [2.05, 4.69) is 27.1 Å². The Morgan fingerprint density at radius 3 is 2.64 bits per heavy atom. The lowest BCUT2D eigenvalue weighted by Gasteiger charge is -2.07. The second-order valence-electron chi connectivity index (χ2n) is 6.37. The number of benzene rings is 3. The molecule has 28 heavy (non-hydrogen) atoms. The van der Waals surface area contributed by atoms with Crippen molar-refractivity contribution in [3.8, 4) is 22.9 Å². The molecule has 0 atom stereocenters. The van der Waals surface area contributed by atoms with E-state index in [0.717, 1.165) is 38.8 Å². The summed E-state index contributed by atoms with van der Waals surface area (Å²) < 4.78 is 6.06. The van der Waals surface area contributed by atoms with E-state index in [4.69, 9.17) is 4.74 Å². The van der Waals surface area contributed by atoms with Gasteiger partial charge < -0.3 is 14.7 Å². The molecule has 0 fully saturated rings. The lowest BCUT2D eigenvalue weighted by molar-refractivity contribution is 0.483. The fraction of sp³-hybridized carbons (Fsp3) is 0. The number of hydrogen-bond donors (Lipinski definition) is 2. The number of fused-ring (bicyclic) bond motifs is 1. The number of hydrogen-bond acceptors (Lipinski definition) is 3. The normalized spacial score (nSPS) is 11.0. The predicted molar refractivity (Wildman–Crippen MR) is 113 cm³/mol. The van der Waals surface area contributed by atoms with Crippen LogP contribution in [-0.2, 0) is 0 Å². The van der Waals surface area contributed by atoms with Crippen molar-refractivity contribution in [2.75, 3.05) is 0 Å². The first kappa shape index (κ1) is 16.7. The average Bonchev–Trinajstić information content (AvgIpc) is 3.38. The van der Waals surface area contributed by atoms with Crippen molar-refractivity contribution in [1.82, 2.24) is 15.0 Å². The third-order valence-electron chi connectivity index (χ3n) is 4.39. The van der Waals surface area contributed by atoms with Gasteiger partial charge in [0.2, 0.25) is 0 Å². The lowest BCUT2D eigenvalue weighted by Crippen LogP contribution is -1.86. The van der Waals surface area contributed by atoms with Gasteiger partial charge in [0, 0.05) is 27.6 Å². The Labute approximate surface area is 166 Å². The van der Waals surface area contributed by atoms with E-state index in [9.17, 15) is 0 Å². The zero-order valence-corrected chi connectivity index (χ0v) is 15.7. The smallest absolute Gasteiger partial charge is 0.138 e. The van der Waals surface area contributed by atoms with E-state index in [0.29, 0.717) is 0 Å². The average molecular weight is 383 g/mol. The molecule has 4 nitrogen and oxygen atoms in total. The third kappa shape index (κ3) is 3.52. The monoisotopic (exact) mass is 383 g/mol. The standard InChI is InChI=1S/C23H17N3OS/c1-2-7-20(8-3-1)28-22-15-25-23(26-22)17-5-4-6-18(14-17)27-19-9-10-21-16(13-19)11-12-24-21/h1-15,24H,(H,25,26). The summed E-state index contributed by atoms with van der Waals surface area (Å²) >= 11 is 1.66. The van der Waals surface area contributed by atoms with Crippen LogP contribution in [0.15, 0.2) is 101 Å². The van der Waals surface area contributed by atoms with E-state index < -0.39 is 0 Å². The van der Waals surface area contributed by atoms with E-state index in [1.807, 2.05) is 79.1 Å². The topological polar surface area (TPSA) is 53.7 Å². The number of aromatic amines is 2. The van der Waals surface area contributed by atoms with Gasteiger partial charge in [-0.05, 0) is 48.5 Å². The van der Waals surface area contributed by atoms with E-state index in [1.165, 1.54) is 4.90 Å². The van der Waals surface area contributed by atoms with Crippen LogP contribution in [0.5, 0.6) is 11.5 Å². The van der Waals surface area contributed by atoms with Crippen molar-refractivity contribution in [2.24, 2.45) is 0 Å². The molecule has 0 aliphatic rings. The maximum atomic E-state index is 6.06. The molecule has 2 aromatic heterocycles. The largest absolute Gasteiger partial charge is 0.457 e. The van der Waals surface area contributed by atoms with Gasteiger partial charge in [-0.1, -0.05) is 42.1 Å². The molecule has 0 unspecified atom stereocenters. The molecule has 5 aromatic rings. The van der Waals surface area contributed by atoms with Crippen molar-refractivity contribution in [2.45, 2.75) is 9.92 Å². The Morgan fingerprint density at radius 2 is 1.71 bits per heavy atom. The van der Waals surface area contributed by atoms with Crippen LogP contribution in [0.4, 0.5) is 0 Å². The van der Waals surface area contributed by atoms with Crippen LogP contribution in [0, 0.1) is 0 Å². The fourth-order valence-corrected chi connectivity index (χ4v) is 3.86. The van der Waals surface area contributed by atoms with Crippen LogP contribution in [-0.4, -0.2) is 15.0 Å². The summed E-state index contributed by atoms with van der Waals surface area (Å²) in [6, 6.07) is 26.3. The molecule has 5 heteroatoms. The molecule has 2 heterocycles. The van der Waals surface area contributed by atoms with Gasteiger partial charge in [0.15, 0.2) is 0 Å². The molecule has 0 aliphatic heterocycles. The summed E-state index contributed by atoms with van der Waals surface area (Å²) in [6.45, 7) is 0. The van der Waals surface area contributed by atoms with Gasteiger partial charge in [-0.25, -0.2) is 4.98 Å². The number of ether oxygens (including phenoxy) is 1. The summed E-state index contributed by atoms with van der Waals surface area (Å²) in [6.07, 6.45) is 3.79. The molecule has 0 saturated heterocycles. The number of H-pyrrole nitrogens is 2. The van der Waals surface area contributed by atoms with E-state index in [-0.39, 0.29) is 0 Å². The molecular weight excluding hydrogens is 366 g/mol. The van der Waals surface area contributed by atoms with Gasteiger partial charge in [0.05, 0.1) is 11.2 Å². The molecule has 0 bridgehead atoms. The molecule has 0 spiro atoms. The van der Waals surface area contributed by atoms with Crippen molar-refractivity contribution < 1.29 is 4.74 Å². The van der Waals surface area contributed by atoms with Crippen molar-refractivity contribution in [1.29, 1.82) is 0 Å². The highest BCUT2D eigenvalue weighted by Gasteiger charge is 2.07. The number of nitrogens with one attached hydrogen (secondary N) is 2. The predicted octanol–water partition coefficient (Wildman–Crippen LogP) is 6.50. The third-order valence-corrected chi connectivity index (χ3v) is 5.33. The van der Waals surface area contributed by atoms with Gasteiger partial charge in [0.1, 0.15) is 17.3 Å². The lowest BCUT2D eigenvalue weighted by atomic mass is 10.2. The zero-order chi connectivity index (χ0) is 18.8. The highest BCUT2D eigenvalue weighted by molar-refractivity contribution is 7.99. The van der Waals surface area contributed by atoms with Crippen LogP contribution in [0.3, 0.4) is 0 Å². The Kier molecular flexibility index (Phi) is 4.35. The number of nitrogens with zero attached hydrogens (tertiary/aromatic N) is 1. The molecular formula is C23H17N3OS. The second-order valence-corrected chi connectivity index (χ2v) is 7.48. The maximum Gasteiger partial charge on any atom is 0.138 e. The highest BCUT2D eigenvalue weighted by Crippen LogP contribution is 2.30. The van der Waals surface area contributed by atoms with Gasteiger partial charge >= 0.3 is 0 Å². The Bertz CT molecular complexity index is 1230. The van der Waals surface area contributed by atoms with Gasteiger partial charge in [-0.2, -0.15) is 0 Å². The summed E-state index contributed by atoms with van der Waals surface area (Å²) in [4.78, 5) is 12.3. The van der Waals surface area contributed by atoms with Gasteiger partial charge in [-0.3, -0.25) is 0 Å². The number of aromatic nitrogens is 3. The molecule has 0 radical (unpaired) electrons. The molecule has 0 amide bonds. The Hall–Kier alpha value is -3.44. The molecule has 2 N–H and O–H groups in total. The minimum Gasteiger partial charge on any atom is -0.457 e. The van der Waals surface area contributed by atoms with Crippen molar-refractivity contribution >= 4 is 22.7 Å². The van der Waals surface area contributed by atoms with Crippen LogP contribution in [0.2, 0.25) is 0 Å². The first-order valence-corrected chi connectivity index (χ1v) is 9.78. The van der Waals surface area contributed by atoms with Crippen molar-refractivity contribution in [3.05, 3.63) is 91.3 Å². The van der Waals surface area contributed by atoms with Gasteiger partial charge in [0.25, 0.3) is 0 Å². The van der Waals surface area contributed by atoms with E-state index >= 15 is 0 Å². The Morgan fingerprint density at radius 1 is 0.821 bits per heavy atom. The summed E-state index contributed by atoms with van der Waals surface area (Å²) in [7, 11) is 0. The van der Waals surface area contributed by atoms with E-state index in [1.54, 1.807) is 11.8 Å². The van der Waals surface area contributed by atoms with Crippen LogP contribution in [0.1, 0.15) is 0 Å². The fourth-order valence-electron chi connectivity index (χ4n) is 3.06. The number of imidazole rings is 1. The summed E-state index contributed by atoms with van der Waals surface area (Å²) in [5.74, 6) is 2.41. The zero-order valence-electron chi connectivity index (χ0n) is 14.9. The summed E-state index contributed by atoms with van der Waals surface area (Å²) in [5, 5.41) is 2.13. The Balaban J connectivity index is 1.36. The quantitative estimate of drug-likeness (QED) is 0.364. The van der Waals surface area contributed by atoms with Crippen LogP contribution < -0.4 is 4.74 Å². The molecule has 0 aliphatic carbocycles. The number of rotatable bonds is 5. The first-order valence-electron chi connectivity index (χ1n) is 8.97. The van der Waals surface area contributed by atoms with Gasteiger partial charge in [-0.15, -0.1) is 0 Å². The minimum atomic E-state index is 0.779. The van der Waals surface area contributed by atoms with Crippen molar-refractivity contribution in [3.63, 3.8) is 0 Å².